The van der Waals surface area contributed by atoms with Gasteiger partial charge in [-0.25, -0.2) is 0 Å². The molecule has 3 nitrogen and oxygen atoms in total. The maximum absolute atomic E-state index is 12.0. The van der Waals surface area contributed by atoms with Gasteiger partial charge in [0.1, 0.15) is 0 Å². The molecule has 1 saturated carbocycles. The molecule has 2 saturated heterocycles. The predicted octanol–water partition coefficient (Wildman–Crippen LogP) is 1.92. The minimum Gasteiger partial charge on any atom is -0.353 e. The van der Waals surface area contributed by atoms with Gasteiger partial charge in [0.2, 0.25) is 5.91 Å². The van der Waals surface area contributed by atoms with Gasteiger partial charge in [-0.3, -0.25) is 9.69 Å². The minimum absolute atomic E-state index is 0.186. The van der Waals surface area contributed by atoms with E-state index < -0.39 is 0 Å². The summed E-state index contributed by atoms with van der Waals surface area (Å²) in [6.45, 7) is 4.41. The van der Waals surface area contributed by atoms with Gasteiger partial charge in [0, 0.05) is 12.1 Å². The molecule has 3 heteroatoms. The van der Waals surface area contributed by atoms with Crippen LogP contribution in [0, 0.1) is 5.92 Å². The summed E-state index contributed by atoms with van der Waals surface area (Å²) >= 11 is 0. The SMILES string of the molecule is CC1CCC2(CC1)CNC(=O)C1CCCCN12. The smallest absolute Gasteiger partial charge is 0.237 e. The Balaban J connectivity index is 1.82. The molecule has 96 valence electrons. The van der Waals surface area contributed by atoms with Crippen molar-refractivity contribution in [3.63, 3.8) is 0 Å². The molecule has 2 heterocycles. The fourth-order valence-electron chi connectivity index (χ4n) is 4.01. The maximum Gasteiger partial charge on any atom is 0.237 e. The van der Waals surface area contributed by atoms with Crippen LogP contribution < -0.4 is 5.32 Å². The number of piperidine rings is 1. The van der Waals surface area contributed by atoms with Gasteiger partial charge in [0.25, 0.3) is 0 Å². The molecule has 1 spiro atoms. The molecule has 1 unspecified atom stereocenters. The highest BCUT2D eigenvalue weighted by atomic mass is 16.2. The average Bonchev–Trinajstić information content (AvgIpc) is 2.38. The van der Waals surface area contributed by atoms with E-state index in [0.717, 1.165) is 25.4 Å². The van der Waals surface area contributed by atoms with E-state index in [1.54, 1.807) is 0 Å². The van der Waals surface area contributed by atoms with Gasteiger partial charge in [0.15, 0.2) is 0 Å². The largest absolute Gasteiger partial charge is 0.353 e. The van der Waals surface area contributed by atoms with Gasteiger partial charge in [-0.2, -0.15) is 0 Å². The molecule has 17 heavy (non-hydrogen) atoms. The third kappa shape index (κ3) is 1.88. The van der Waals surface area contributed by atoms with Gasteiger partial charge in [-0.1, -0.05) is 13.3 Å². The monoisotopic (exact) mass is 236 g/mol. The highest BCUT2D eigenvalue weighted by molar-refractivity contribution is 5.83. The Morgan fingerprint density at radius 3 is 2.76 bits per heavy atom. The number of hydrogen-bond donors (Lipinski definition) is 1. The maximum atomic E-state index is 12.0. The summed E-state index contributed by atoms with van der Waals surface area (Å²) in [5.74, 6) is 1.16. The molecule has 2 aliphatic heterocycles. The zero-order chi connectivity index (χ0) is 11.9. The summed E-state index contributed by atoms with van der Waals surface area (Å²) in [6, 6.07) is 0.186. The van der Waals surface area contributed by atoms with E-state index in [0.29, 0.717) is 5.54 Å². The van der Waals surface area contributed by atoms with Gasteiger partial charge < -0.3 is 5.32 Å². The summed E-state index contributed by atoms with van der Waals surface area (Å²) in [5, 5.41) is 3.18. The molecule has 0 aromatic rings. The molecule has 1 amide bonds. The molecule has 1 aliphatic carbocycles. The number of nitrogens with zero attached hydrogens (tertiary/aromatic N) is 1. The Morgan fingerprint density at radius 2 is 2.00 bits per heavy atom. The van der Waals surface area contributed by atoms with Gasteiger partial charge in [-0.05, 0) is 51.0 Å². The Hall–Kier alpha value is -0.570. The number of carbonyl (C=O) groups is 1. The van der Waals surface area contributed by atoms with Crippen LogP contribution in [0.15, 0.2) is 0 Å². The highest BCUT2D eigenvalue weighted by Crippen LogP contribution is 2.40. The summed E-state index contributed by atoms with van der Waals surface area (Å²) in [5.41, 5.74) is 0.311. The lowest BCUT2D eigenvalue weighted by Crippen LogP contribution is -2.69. The van der Waals surface area contributed by atoms with Crippen LogP contribution in [0.25, 0.3) is 0 Å². The first-order valence-electron chi connectivity index (χ1n) is 7.26. The van der Waals surface area contributed by atoms with E-state index in [4.69, 9.17) is 0 Å². The summed E-state index contributed by atoms with van der Waals surface area (Å²) < 4.78 is 0. The van der Waals surface area contributed by atoms with E-state index in [2.05, 4.69) is 17.1 Å². The standard InChI is InChI=1S/C14H24N2O/c1-11-5-7-14(8-6-11)10-15-13(17)12-4-2-3-9-16(12)14/h11-12H,2-10H2,1H3,(H,15,17). The van der Waals surface area contributed by atoms with Crippen LogP contribution >= 0.6 is 0 Å². The van der Waals surface area contributed by atoms with Gasteiger partial charge >= 0.3 is 0 Å². The van der Waals surface area contributed by atoms with Gasteiger partial charge in [-0.15, -0.1) is 0 Å². The van der Waals surface area contributed by atoms with Crippen LogP contribution in [0.2, 0.25) is 0 Å². The minimum atomic E-state index is 0.186. The van der Waals surface area contributed by atoms with Crippen molar-refractivity contribution in [1.82, 2.24) is 10.2 Å². The second-order valence-corrected chi connectivity index (χ2v) is 6.33. The molecule has 0 aromatic heterocycles. The van der Waals surface area contributed by atoms with Crippen LogP contribution in [0.5, 0.6) is 0 Å². The molecule has 0 aromatic carbocycles. The number of rotatable bonds is 0. The molecule has 3 aliphatic rings. The number of carbonyl (C=O) groups excluding carboxylic acids is 1. The summed E-state index contributed by atoms with van der Waals surface area (Å²) in [6.07, 6.45) is 8.80. The lowest BCUT2D eigenvalue weighted by Gasteiger charge is -2.55. The first kappa shape index (κ1) is 11.5. The number of nitrogens with one attached hydrogen (secondary N) is 1. The molecule has 1 atom stereocenters. The molecule has 0 radical (unpaired) electrons. The fourth-order valence-corrected chi connectivity index (χ4v) is 4.01. The van der Waals surface area contributed by atoms with Crippen LogP contribution in [0.1, 0.15) is 51.9 Å². The zero-order valence-electron chi connectivity index (χ0n) is 10.9. The van der Waals surface area contributed by atoms with E-state index in [9.17, 15) is 4.79 Å². The van der Waals surface area contributed by atoms with Crippen molar-refractivity contribution in [2.75, 3.05) is 13.1 Å². The van der Waals surface area contributed by atoms with Crippen molar-refractivity contribution >= 4 is 5.91 Å². The summed E-state index contributed by atoms with van der Waals surface area (Å²) in [7, 11) is 0. The number of piperazine rings is 1. The first-order chi connectivity index (χ1) is 8.21. The molecule has 3 rings (SSSR count). The first-order valence-corrected chi connectivity index (χ1v) is 7.26. The Labute approximate surface area is 104 Å². The Morgan fingerprint density at radius 1 is 1.24 bits per heavy atom. The number of hydrogen-bond acceptors (Lipinski definition) is 2. The number of amides is 1. The quantitative estimate of drug-likeness (QED) is 0.697. The van der Waals surface area contributed by atoms with E-state index in [1.165, 1.54) is 38.5 Å². The van der Waals surface area contributed by atoms with Crippen molar-refractivity contribution in [2.45, 2.75) is 63.5 Å². The van der Waals surface area contributed by atoms with Crippen molar-refractivity contribution in [3.05, 3.63) is 0 Å². The zero-order valence-corrected chi connectivity index (χ0v) is 10.9. The average molecular weight is 236 g/mol. The van der Waals surface area contributed by atoms with Crippen LogP contribution in [-0.2, 0) is 4.79 Å². The van der Waals surface area contributed by atoms with Crippen LogP contribution in [0.4, 0.5) is 0 Å². The topological polar surface area (TPSA) is 32.3 Å². The van der Waals surface area contributed by atoms with E-state index >= 15 is 0 Å². The third-order valence-corrected chi connectivity index (χ3v) is 5.21. The second-order valence-electron chi connectivity index (χ2n) is 6.33. The van der Waals surface area contributed by atoms with Crippen molar-refractivity contribution in [2.24, 2.45) is 5.92 Å². The molecular formula is C14H24N2O. The molecule has 1 N–H and O–H groups in total. The van der Waals surface area contributed by atoms with Crippen LogP contribution in [-0.4, -0.2) is 35.5 Å². The molecular weight excluding hydrogens is 212 g/mol. The Bertz CT molecular complexity index is 307. The predicted molar refractivity (Wildman–Crippen MR) is 67.7 cm³/mol. The summed E-state index contributed by atoms with van der Waals surface area (Å²) in [4.78, 5) is 14.5. The normalized spacial score (nSPS) is 43.2. The Kier molecular flexibility index (Phi) is 2.89. The van der Waals surface area contributed by atoms with E-state index in [-0.39, 0.29) is 11.9 Å². The van der Waals surface area contributed by atoms with Crippen LogP contribution in [0.3, 0.4) is 0 Å². The van der Waals surface area contributed by atoms with Gasteiger partial charge in [0.05, 0.1) is 6.04 Å². The highest BCUT2D eigenvalue weighted by Gasteiger charge is 2.48. The lowest BCUT2D eigenvalue weighted by molar-refractivity contribution is -0.140. The van der Waals surface area contributed by atoms with Crippen molar-refractivity contribution < 1.29 is 4.79 Å². The second kappa shape index (κ2) is 4.27. The molecule has 3 fully saturated rings. The van der Waals surface area contributed by atoms with Crippen molar-refractivity contribution in [1.29, 1.82) is 0 Å². The molecule has 0 bridgehead atoms. The fraction of sp³-hybridized carbons (Fsp3) is 0.929. The van der Waals surface area contributed by atoms with Crippen molar-refractivity contribution in [3.8, 4) is 0 Å². The van der Waals surface area contributed by atoms with E-state index in [1.807, 2.05) is 0 Å². The third-order valence-electron chi connectivity index (χ3n) is 5.21. The number of fused-ring (bicyclic) bond motifs is 2. The lowest BCUT2D eigenvalue weighted by atomic mass is 9.73.